The predicted octanol–water partition coefficient (Wildman–Crippen LogP) is 2.48. The maximum Gasteiger partial charge on any atom is 0.115 e. The van der Waals surface area contributed by atoms with Gasteiger partial charge in [-0.25, -0.2) is 0 Å². The molecule has 0 radical (unpaired) electrons. The molecule has 1 aliphatic heterocycles. The third-order valence-corrected chi connectivity index (χ3v) is 3.94. The first-order valence-electron chi connectivity index (χ1n) is 6.73. The molecule has 0 aromatic heterocycles. The Morgan fingerprint density at radius 2 is 2.28 bits per heavy atom. The van der Waals surface area contributed by atoms with E-state index in [2.05, 4.69) is 18.3 Å². The van der Waals surface area contributed by atoms with Gasteiger partial charge in [0.1, 0.15) is 5.75 Å². The SMILES string of the molecule is CNC(Cc1cccc(O)c1)C1(C)CCCCO1. The molecule has 2 N–H and O–H groups in total. The molecule has 2 atom stereocenters. The van der Waals surface area contributed by atoms with E-state index in [1.807, 2.05) is 19.2 Å². The lowest BCUT2D eigenvalue weighted by molar-refractivity contribution is -0.0870. The molecule has 2 rings (SSSR count). The lowest BCUT2D eigenvalue weighted by Crippen LogP contribution is -2.52. The minimum Gasteiger partial charge on any atom is -0.508 e. The van der Waals surface area contributed by atoms with Gasteiger partial charge in [-0.3, -0.25) is 0 Å². The van der Waals surface area contributed by atoms with Gasteiger partial charge in [0.2, 0.25) is 0 Å². The average molecular weight is 249 g/mol. The molecule has 2 unspecified atom stereocenters. The van der Waals surface area contributed by atoms with E-state index < -0.39 is 0 Å². The third kappa shape index (κ3) is 3.03. The first kappa shape index (κ1) is 13.4. The van der Waals surface area contributed by atoms with Crippen molar-refractivity contribution in [2.75, 3.05) is 13.7 Å². The Labute approximate surface area is 109 Å². The second kappa shape index (κ2) is 5.72. The molecule has 1 saturated heterocycles. The second-order valence-electron chi connectivity index (χ2n) is 5.33. The normalized spacial score (nSPS) is 25.9. The first-order valence-corrected chi connectivity index (χ1v) is 6.73. The van der Waals surface area contributed by atoms with Gasteiger partial charge in [0, 0.05) is 12.6 Å². The van der Waals surface area contributed by atoms with Gasteiger partial charge >= 0.3 is 0 Å². The van der Waals surface area contributed by atoms with E-state index in [-0.39, 0.29) is 11.6 Å². The van der Waals surface area contributed by atoms with E-state index in [1.165, 1.54) is 6.42 Å². The van der Waals surface area contributed by atoms with Crippen molar-refractivity contribution >= 4 is 0 Å². The molecule has 3 heteroatoms. The number of nitrogens with one attached hydrogen (secondary N) is 1. The summed E-state index contributed by atoms with van der Waals surface area (Å²) in [6, 6.07) is 7.75. The molecular formula is C15H23NO2. The molecule has 1 heterocycles. The Kier molecular flexibility index (Phi) is 4.25. The van der Waals surface area contributed by atoms with E-state index >= 15 is 0 Å². The van der Waals surface area contributed by atoms with Crippen LogP contribution in [-0.4, -0.2) is 30.4 Å². The Morgan fingerprint density at radius 1 is 1.44 bits per heavy atom. The molecular weight excluding hydrogens is 226 g/mol. The van der Waals surface area contributed by atoms with Crippen molar-refractivity contribution in [1.29, 1.82) is 0 Å². The molecule has 0 spiro atoms. The lowest BCUT2D eigenvalue weighted by atomic mass is 9.85. The number of phenolic OH excluding ortho intramolecular Hbond substituents is 1. The van der Waals surface area contributed by atoms with Crippen molar-refractivity contribution < 1.29 is 9.84 Å². The fourth-order valence-corrected chi connectivity index (χ4v) is 2.77. The highest BCUT2D eigenvalue weighted by Crippen LogP contribution is 2.29. The molecule has 0 aliphatic carbocycles. The van der Waals surface area contributed by atoms with E-state index in [0.29, 0.717) is 5.75 Å². The summed E-state index contributed by atoms with van der Waals surface area (Å²) in [5.74, 6) is 0.331. The Hall–Kier alpha value is -1.06. The molecule has 1 aromatic rings. The third-order valence-electron chi connectivity index (χ3n) is 3.94. The largest absolute Gasteiger partial charge is 0.508 e. The summed E-state index contributed by atoms with van der Waals surface area (Å²) in [5.41, 5.74) is 1.04. The summed E-state index contributed by atoms with van der Waals surface area (Å²) < 4.78 is 6.00. The number of aromatic hydroxyl groups is 1. The molecule has 1 aliphatic rings. The van der Waals surface area contributed by atoms with Crippen molar-refractivity contribution in [1.82, 2.24) is 5.32 Å². The molecule has 0 bridgehead atoms. The van der Waals surface area contributed by atoms with Crippen LogP contribution < -0.4 is 5.32 Å². The lowest BCUT2D eigenvalue weighted by Gasteiger charge is -2.40. The monoisotopic (exact) mass is 249 g/mol. The fourth-order valence-electron chi connectivity index (χ4n) is 2.77. The summed E-state index contributed by atoms with van der Waals surface area (Å²) in [6.45, 7) is 3.05. The number of hydrogen-bond acceptors (Lipinski definition) is 3. The van der Waals surface area contributed by atoms with E-state index in [4.69, 9.17) is 4.74 Å². The van der Waals surface area contributed by atoms with E-state index in [1.54, 1.807) is 6.07 Å². The van der Waals surface area contributed by atoms with Gasteiger partial charge in [-0.05, 0) is 57.4 Å². The van der Waals surface area contributed by atoms with Crippen LogP contribution in [0.25, 0.3) is 0 Å². The number of rotatable bonds is 4. The average Bonchev–Trinajstić information content (AvgIpc) is 2.37. The molecule has 1 fully saturated rings. The van der Waals surface area contributed by atoms with Crippen molar-refractivity contribution in [2.24, 2.45) is 0 Å². The summed E-state index contributed by atoms with van der Waals surface area (Å²) in [4.78, 5) is 0. The van der Waals surface area contributed by atoms with Crippen LogP contribution in [0, 0.1) is 0 Å². The summed E-state index contributed by atoms with van der Waals surface area (Å²) >= 11 is 0. The van der Waals surface area contributed by atoms with Crippen LogP contribution >= 0.6 is 0 Å². The van der Waals surface area contributed by atoms with Gasteiger partial charge < -0.3 is 15.2 Å². The molecule has 3 nitrogen and oxygen atoms in total. The van der Waals surface area contributed by atoms with Crippen molar-refractivity contribution in [3.8, 4) is 5.75 Å². The number of hydrogen-bond donors (Lipinski definition) is 2. The highest BCUT2D eigenvalue weighted by molar-refractivity contribution is 5.28. The topological polar surface area (TPSA) is 41.5 Å². The zero-order chi connectivity index (χ0) is 13.0. The van der Waals surface area contributed by atoms with Crippen LogP contribution in [0.5, 0.6) is 5.75 Å². The molecule has 18 heavy (non-hydrogen) atoms. The van der Waals surface area contributed by atoms with Crippen molar-refractivity contribution in [3.05, 3.63) is 29.8 Å². The molecule has 0 amide bonds. The highest BCUT2D eigenvalue weighted by Gasteiger charge is 2.35. The standard InChI is InChI=1S/C15H23NO2/c1-15(8-3-4-9-18-15)14(16-2)11-12-6-5-7-13(17)10-12/h5-7,10,14,16-17H,3-4,8-9,11H2,1-2H3. The first-order chi connectivity index (χ1) is 8.64. The van der Waals surface area contributed by atoms with E-state index in [9.17, 15) is 5.11 Å². The van der Waals surface area contributed by atoms with Crippen molar-refractivity contribution in [2.45, 2.75) is 44.2 Å². The zero-order valence-corrected chi connectivity index (χ0v) is 11.3. The van der Waals surface area contributed by atoms with Gasteiger partial charge in [0.25, 0.3) is 0 Å². The zero-order valence-electron chi connectivity index (χ0n) is 11.3. The Bertz CT molecular complexity index is 386. The quantitative estimate of drug-likeness (QED) is 0.861. The van der Waals surface area contributed by atoms with Gasteiger partial charge in [0.05, 0.1) is 5.60 Å². The minimum atomic E-state index is -0.0987. The predicted molar refractivity (Wildman–Crippen MR) is 72.9 cm³/mol. The number of ether oxygens (including phenoxy) is 1. The Balaban J connectivity index is 2.09. The smallest absolute Gasteiger partial charge is 0.115 e. The van der Waals surface area contributed by atoms with Crippen LogP contribution in [0.2, 0.25) is 0 Å². The molecule has 100 valence electrons. The molecule has 1 aromatic carbocycles. The van der Waals surface area contributed by atoms with Crippen LogP contribution in [0.3, 0.4) is 0 Å². The van der Waals surface area contributed by atoms with Crippen LogP contribution in [0.4, 0.5) is 0 Å². The van der Waals surface area contributed by atoms with Gasteiger partial charge in [-0.1, -0.05) is 12.1 Å². The second-order valence-corrected chi connectivity index (χ2v) is 5.33. The van der Waals surface area contributed by atoms with Crippen LogP contribution in [-0.2, 0) is 11.2 Å². The van der Waals surface area contributed by atoms with E-state index in [0.717, 1.165) is 31.4 Å². The minimum absolute atomic E-state index is 0.0987. The van der Waals surface area contributed by atoms with Crippen LogP contribution in [0.1, 0.15) is 31.7 Å². The number of phenols is 1. The highest BCUT2D eigenvalue weighted by atomic mass is 16.5. The fraction of sp³-hybridized carbons (Fsp3) is 0.600. The Morgan fingerprint density at radius 3 is 2.89 bits per heavy atom. The van der Waals surface area contributed by atoms with Gasteiger partial charge in [-0.2, -0.15) is 0 Å². The maximum atomic E-state index is 9.52. The van der Waals surface area contributed by atoms with Gasteiger partial charge in [0.15, 0.2) is 0 Å². The number of likely N-dealkylation sites (N-methyl/N-ethyl adjacent to an activating group) is 1. The van der Waals surface area contributed by atoms with Crippen LogP contribution in [0.15, 0.2) is 24.3 Å². The molecule has 0 saturated carbocycles. The summed E-state index contributed by atoms with van der Waals surface area (Å²) in [6.07, 6.45) is 4.37. The number of benzene rings is 1. The summed E-state index contributed by atoms with van der Waals surface area (Å²) in [7, 11) is 1.98. The maximum absolute atomic E-state index is 9.52. The van der Waals surface area contributed by atoms with Gasteiger partial charge in [-0.15, -0.1) is 0 Å². The van der Waals surface area contributed by atoms with Crippen molar-refractivity contribution in [3.63, 3.8) is 0 Å². The summed E-state index contributed by atoms with van der Waals surface area (Å²) in [5, 5.41) is 12.9.